The van der Waals surface area contributed by atoms with Gasteiger partial charge in [0.2, 0.25) is 0 Å². The second kappa shape index (κ2) is 7.84. The lowest BCUT2D eigenvalue weighted by Crippen LogP contribution is -2.07. The molecule has 0 aliphatic rings. The third-order valence-corrected chi connectivity index (χ3v) is 7.18. The average molecular weight is 419 g/mol. The van der Waals surface area contributed by atoms with Crippen LogP contribution in [0, 0.1) is 0 Å². The Hall–Kier alpha value is -1.45. The maximum absolute atomic E-state index is 13.1. The summed E-state index contributed by atoms with van der Waals surface area (Å²) in [7, 11) is -0.387. The molecular formula is C20H20BrO3P. The molecule has 3 aromatic rings. The van der Waals surface area contributed by atoms with Crippen molar-refractivity contribution in [1.29, 1.82) is 0 Å². The van der Waals surface area contributed by atoms with E-state index in [2.05, 4.69) is 46.3 Å². The molecule has 0 aliphatic heterocycles. The summed E-state index contributed by atoms with van der Waals surface area (Å²) in [6, 6.07) is 22.3. The second-order valence-electron chi connectivity index (χ2n) is 5.86. The van der Waals surface area contributed by atoms with Crippen LogP contribution in [0.1, 0.15) is 16.8 Å². The number of hydrogen-bond acceptors (Lipinski definition) is 3. The zero-order chi connectivity index (χ0) is 17.9. The van der Waals surface area contributed by atoms with Crippen LogP contribution in [0.25, 0.3) is 10.8 Å². The summed E-state index contributed by atoms with van der Waals surface area (Å²) in [5, 5.41) is 2.35. The summed E-state index contributed by atoms with van der Waals surface area (Å²) in [4.78, 5) is 0. The molecule has 0 saturated heterocycles. The molecule has 0 amide bonds. The lowest BCUT2D eigenvalue weighted by atomic mass is 10.0. The fraction of sp³-hybridized carbons (Fsp3) is 0.200. The lowest BCUT2D eigenvalue weighted by Gasteiger charge is -2.25. The van der Waals surface area contributed by atoms with Crippen LogP contribution >= 0.6 is 23.5 Å². The van der Waals surface area contributed by atoms with E-state index < -0.39 is 7.60 Å². The van der Waals surface area contributed by atoms with Crippen molar-refractivity contribution >= 4 is 34.3 Å². The maximum atomic E-state index is 13.1. The van der Waals surface area contributed by atoms with E-state index in [1.165, 1.54) is 25.0 Å². The van der Waals surface area contributed by atoms with Crippen LogP contribution in [-0.4, -0.2) is 14.2 Å². The topological polar surface area (TPSA) is 35.5 Å². The van der Waals surface area contributed by atoms with Crippen LogP contribution in [0.4, 0.5) is 0 Å². The van der Waals surface area contributed by atoms with Crippen molar-refractivity contribution in [2.45, 2.75) is 12.1 Å². The first kappa shape index (κ1) is 18.3. The maximum Gasteiger partial charge on any atom is 0.337 e. The van der Waals surface area contributed by atoms with Crippen molar-refractivity contribution in [1.82, 2.24) is 0 Å². The molecule has 3 nitrogen and oxygen atoms in total. The molecule has 130 valence electrons. The zero-order valence-electron chi connectivity index (χ0n) is 14.2. The van der Waals surface area contributed by atoms with Gasteiger partial charge in [-0.15, -0.1) is 0 Å². The molecule has 0 aliphatic carbocycles. The molecule has 3 aromatic carbocycles. The molecule has 0 bridgehead atoms. The number of fused-ring (bicyclic) bond motifs is 1. The Labute approximate surface area is 156 Å². The van der Waals surface area contributed by atoms with Crippen molar-refractivity contribution in [3.63, 3.8) is 0 Å². The van der Waals surface area contributed by atoms with Crippen LogP contribution in [0.15, 0.2) is 71.2 Å². The minimum Gasteiger partial charge on any atom is -0.312 e. The van der Waals surface area contributed by atoms with Gasteiger partial charge in [-0.3, -0.25) is 4.57 Å². The van der Waals surface area contributed by atoms with E-state index in [0.29, 0.717) is 6.42 Å². The van der Waals surface area contributed by atoms with Crippen molar-refractivity contribution in [2.24, 2.45) is 0 Å². The molecule has 0 spiro atoms. The van der Waals surface area contributed by atoms with Gasteiger partial charge >= 0.3 is 7.60 Å². The van der Waals surface area contributed by atoms with Gasteiger partial charge < -0.3 is 9.05 Å². The quantitative estimate of drug-likeness (QED) is 0.436. The molecular weight excluding hydrogens is 399 g/mol. The Balaban J connectivity index is 2.01. The average Bonchev–Trinajstić information content (AvgIpc) is 2.66. The molecule has 5 heteroatoms. The Bertz CT molecular complexity index is 900. The third-order valence-electron chi connectivity index (χ3n) is 4.39. The van der Waals surface area contributed by atoms with Crippen molar-refractivity contribution < 1.29 is 13.6 Å². The normalized spacial score (nSPS) is 13.1. The molecule has 3 rings (SSSR count). The SMILES string of the molecule is COP(=O)(OC)C(Cc1ccc2ccccc2c1)c1ccc(Br)cc1. The molecule has 0 heterocycles. The van der Waals surface area contributed by atoms with Crippen molar-refractivity contribution in [3.05, 3.63) is 82.3 Å². The van der Waals surface area contributed by atoms with Gasteiger partial charge in [0, 0.05) is 18.7 Å². The molecule has 1 unspecified atom stereocenters. The Morgan fingerprint density at radius 1 is 0.920 bits per heavy atom. The van der Waals surface area contributed by atoms with Gasteiger partial charge in [0.15, 0.2) is 0 Å². The summed E-state index contributed by atoms with van der Waals surface area (Å²) in [6.07, 6.45) is 0.575. The highest BCUT2D eigenvalue weighted by Crippen LogP contribution is 2.61. The molecule has 0 N–H and O–H groups in total. The van der Waals surface area contributed by atoms with E-state index >= 15 is 0 Å². The van der Waals surface area contributed by atoms with Gasteiger partial charge in [0.25, 0.3) is 0 Å². The number of benzene rings is 3. The highest BCUT2D eigenvalue weighted by atomic mass is 79.9. The first-order valence-electron chi connectivity index (χ1n) is 8.00. The first-order valence-corrected chi connectivity index (χ1v) is 10.4. The number of halogens is 1. The van der Waals surface area contributed by atoms with Crippen LogP contribution in [0.5, 0.6) is 0 Å². The Kier molecular flexibility index (Phi) is 5.75. The second-order valence-corrected chi connectivity index (χ2v) is 9.21. The van der Waals surface area contributed by atoms with Gasteiger partial charge in [0.05, 0.1) is 5.66 Å². The highest BCUT2D eigenvalue weighted by Gasteiger charge is 2.35. The largest absolute Gasteiger partial charge is 0.337 e. The van der Waals surface area contributed by atoms with E-state index in [1.54, 1.807) is 0 Å². The number of rotatable bonds is 6. The standard InChI is InChI=1S/C20H20BrO3P/c1-23-25(22,24-2)20(17-9-11-19(21)12-10-17)14-15-7-8-16-5-3-4-6-18(16)13-15/h3-13,20H,14H2,1-2H3. The summed E-state index contributed by atoms with van der Waals surface area (Å²) in [6.45, 7) is 0. The first-order chi connectivity index (χ1) is 12.1. The van der Waals surface area contributed by atoms with Crippen molar-refractivity contribution in [2.75, 3.05) is 14.2 Å². The third kappa shape index (κ3) is 4.04. The van der Waals surface area contributed by atoms with Gasteiger partial charge in [-0.1, -0.05) is 70.5 Å². The van der Waals surface area contributed by atoms with E-state index in [9.17, 15) is 4.57 Å². The summed E-state index contributed by atoms with van der Waals surface area (Å²) < 4.78 is 24.8. The Morgan fingerprint density at radius 3 is 2.20 bits per heavy atom. The van der Waals surface area contributed by atoms with Gasteiger partial charge in [0.1, 0.15) is 0 Å². The van der Waals surface area contributed by atoms with Gasteiger partial charge in [-0.2, -0.15) is 0 Å². The smallest absolute Gasteiger partial charge is 0.312 e. The van der Waals surface area contributed by atoms with Crippen LogP contribution in [0.3, 0.4) is 0 Å². The molecule has 0 radical (unpaired) electrons. The van der Waals surface area contributed by atoms with E-state index in [-0.39, 0.29) is 5.66 Å². The minimum atomic E-state index is -3.27. The molecule has 0 saturated carbocycles. The summed E-state index contributed by atoms with van der Waals surface area (Å²) >= 11 is 3.44. The molecule has 1 atom stereocenters. The zero-order valence-corrected chi connectivity index (χ0v) is 16.7. The fourth-order valence-electron chi connectivity index (χ4n) is 3.02. The minimum absolute atomic E-state index is 0.364. The van der Waals surface area contributed by atoms with E-state index in [4.69, 9.17) is 9.05 Å². The van der Waals surface area contributed by atoms with Crippen molar-refractivity contribution in [3.8, 4) is 0 Å². The molecule has 25 heavy (non-hydrogen) atoms. The predicted octanol–water partition coefficient (Wildman–Crippen LogP) is 6.37. The number of hydrogen-bond donors (Lipinski definition) is 0. The van der Waals surface area contributed by atoms with Gasteiger partial charge in [-0.05, 0) is 40.5 Å². The van der Waals surface area contributed by atoms with E-state index in [0.717, 1.165) is 15.6 Å². The fourth-order valence-corrected chi connectivity index (χ4v) is 4.91. The lowest BCUT2D eigenvalue weighted by molar-refractivity contribution is 0.265. The van der Waals surface area contributed by atoms with Crippen LogP contribution in [-0.2, 0) is 20.0 Å². The molecule has 0 aromatic heterocycles. The highest BCUT2D eigenvalue weighted by molar-refractivity contribution is 9.10. The van der Waals surface area contributed by atoms with Gasteiger partial charge in [-0.25, -0.2) is 0 Å². The van der Waals surface area contributed by atoms with E-state index in [1.807, 2.05) is 36.4 Å². The molecule has 0 fully saturated rings. The predicted molar refractivity (Wildman–Crippen MR) is 106 cm³/mol. The Morgan fingerprint density at radius 2 is 1.56 bits per heavy atom. The monoisotopic (exact) mass is 418 g/mol. The summed E-state index contributed by atoms with van der Waals surface area (Å²) in [5.41, 5.74) is 1.67. The van der Waals surface area contributed by atoms with Crippen LogP contribution < -0.4 is 0 Å². The summed E-state index contributed by atoms with van der Waals surface area (Å²) in [5.74, 6) is 0. The van der Waals surface area contributed by atoms with Crippen LogP contribution in [0.2, 0.25) is 0 Å².